The van der Waals surface area contributed by atoms with Crippen LogP contribution >= 0.6 is 23.2 Å². The van der Waals surface area contributed by atoms with Crippen LogP contribution < -0.4 is 15.4 Å². The normalized spacial score (nSPS) is 15.2. The molecule has 1 unspecified atom stereocenters. The predicted octanol–water partition coefficient (Wildman–Crippen LogP) is 6.80. The Morgan fingerprint density at radius 2 is 1.18 bits per heavy atom. The van der Waals surface area contributed by atoms with E-state index >= 15 is 0 Å². The van der Waals surface area contributed by atoms with E-state index in [4.69, 9.17) is 37.9 Å². The summed E-state index contributed by atoms with van der Waals surface area (Å²) in [6.07, 6.45) is 0.698. The molecule has 2 aromatic heterocycles. The quantitative estimate of drug-likeness (QED) is 0.128. The lowest BCUT2D eigenvalue weighted by atomic mass is 9.97. The molecule has 0 radical (unpaired) electrons. The molecule has 61 heavy (non-hydrogen) atoms. The number of aromatic nitrogens is 6. The highest BCUT2D eigenvalue weighted by atomic mass is 35.5. The summed E-state index contributed by atoms with van der Waals surface area (Å²) < 4.78 is 9.39. The standard InChI is InChI=1S/C45H42Cl2N10O4/c1-5-27-6-16-38-34(20-27)42(28-7-11-30(46)12-8-28)50-37(45-55-52-25(2)56(38)45)23-41(60)49-24-32(58)18-19-48-40(59)22-36-44-54-53-26(3)57(44)39-17-15-33(61-4)21-35(39)43(51-36)29-9-13-31(47)14-10-29/h6-17,20-21,36-37H,5,18-19,22-24H2,1-4H3,(H,48,59)(H,49,60)/t36-,37?/m1/s1. The molecule has 2 atom stereocenters. The molecule has 310 valence electrons. The van der Waals surface area contributed by atoms with E-state index in [-0.39, 0.29) is 49.9 Å². The van der Waals surface area contributed by atoms with Gasteiger partial charge in [0.2, 0.25) is 11.8 Å². The van der Waals surface area contributed by atoms with Crippen LogP contribution in [0.1, 0.15) is 89.4 Å². The van der Waals surface area contributed by atoms with Crippen LogP contribution in [0.3, 0.4) is 0 Å². The lowest BCUT2D eigenvalue weighted by Gasteiger charge is -2.14. The molecule has 2 amide bonds. The Labute approximate surface area is 362 Å². The van der Waals surface area contributed by atoms with Gasteiger partial charge in [0.25, 0.3) is 0 Å². The highest BCUT2D eigenvalue weighted by Crippen LogP contribution is 2.36. The van der Waals surface area contributed by atoms with Gasteiger partial charge in [0.05, 0.1) is 49.3 Å². The maximum absolute atomic E-state index is 13.5. The van der Waals surface area contributed by atoms with Crippen LogP contribution in [-0.4, -0.2) is 78.7 Å². The number of rotatable bonds is 13. The van der Waals surface area contributed by atoms with E-state index in [1.807, 2.05) is 83.6 Å². The third kappa shape index (κ3) is 8.59. The fourth-order valence-electron chi connectivity index (χ4n) is 7.64. The second kappa shape index (κ2) is 17.6. The van der Waals surface area contributed by atoms with E-state index in [2.05, 4.69) is 50.1 Å². The molecule has 16 heteroatoms. The average Bonchev–Trinajstić information content (AvgIpc) is 3.77. The highest BCUT2D eigenvalue weighted by molar-refractivity contribution is 6.31. The molecule has 2 aliphatic heterocycles. The molecule has 2 aliphatic rings. The van der Waals surface area contributed by atoms with E-state index in [1.54, 1.807) is 19.2 Å². The summed E-state index contributed by atoms with van der Waals surface area (Å²) in [7, 11) is 1.60. The fraction of sp³-hybridized carbons (Fsp3) is 0.267. The summed E-state index contributed by atoms with van der Waals surface area (Å²) >= 11 is 12.5. The number of methoxy groups -OCH3 is 1. The number of benzene rings is 4. The molecular formula is C45H42Cl2N10O4. The van der Waals surface area contributed by atoms with Crippen molar-refractivity contribution >= 4 is 52.2 Å². The van der Waals surface area contributed by atoms with Gasteiger partial charge in [-0.2, -0.15) is 0 Å². The van der Waals surface area contributed by atoms with Gasteiger partial charge < -0.3 is 15.4 Å². The molecule has 2 N–H and O–H groups in total. The number of aryl methyl sites for hydroxylation is 3. The average molecular weight is 858 g/mol. The lowest BCUT2D eigenvalue weighted by Crippen LogP contribution is -2.33. The number of carbonyl (C=O) groups excluding carboxylic acids is 3. The molecule has 14 nitrogen and oxygen atoms in total. The van der Waals surface area contributed by atoms with Gasteiger partial charge in [-0.1, -0.05) is 60.5 Å². The second-order valence-electron chi connectivity index (χ2n) is 14.8. The summed E-state index contributed by atoms with van der Waals surface area (Å²) in [5, 5.41) is 24.4. The van der Waals surface area contributed by atoms with Crippen molar-refractivity contribution < 1.29 is 19.1 Å². The number of ether oxygens (including phenoxy) is 1. The summed E-state index contributed by atoms with van der Waals surface area (Å²) in [5.41, 5.74) is 7.44. The molecule has 0 spiro atoms. The van der Waals surface area contributed by atoms with E-state index in [9.17, 15) is 14.4 Å². The second-order valence-corrected chi connectivity index (χ2v) is 15.7. The number of Topliss-reactive ketones (excluding diaryl/α,β-unsaturated/α-hetero) is 1. The number of hydrogen-bond donors (Lipinski definition) is 2. The molecule has 8 rings (SSSR count). The zero-order valence-corrected chi connectivity index (χ0v) is 35.5. The molecule has 4 heterocycles. The summed E-state index contributed by atoms with van der Waals surface area (Å²) in [4.78, 5) is 50.2. The van der Waals surface area contributed by atoms with Crippen LogP contribution in [0.5, 0.6) is 5.75 Å². The molecule has 0 saturated carbocycles. The number of nitrogens with zero attached hydrogens (tertiary/aromatic N) is 8. The first-order valence-electron chi connectivity index (χ1n) is 19.9. The summed E-state index contributed by atoms with van der Waals surface area (Å²) in [6.45, 7) is 5.64. The Kier molecular flexibility index (Phi) is 11.9. The summed E-state index contributed by atoms with van der Waals surface area (Å²) in [5.74, 6) is 1.99. The third-order valence-corrected chi connectivity index (χ3v) is 11.2. The van der Waals surface area contributed by atoms with Crippen molar-refractivity contribution in [3.63, 3.8) is 0 Å². The number of nitrogens with one attached hydrogen (secondary N) is 2. The number of ketones is 1. The lowest BCUT2D eigenvalue weighted by molar-refractivity contribution is -0.125. The number of amides is 2. The summed E-state index contributed by atoms with van der Waals surface area (Å²) in [6, 6.07) is 25.2. The van der Waals surface area contributed by atoms with Crippen molar-refractivity contribution in [2.24, 2.45) is 9.98 Å². The van der Waals surface area contributed by atoms with Crippen LogP contribution in [0, 0.1) is 13.8 Å². The van der Waals surface area contributed by atoms with Crippen LogP contribution in [0.2, 0.25) is 10.0 Å². The largest absolute Gasteiger partial charge is 0.497 e. The molecular weight excluding hydrogens is 815 g/mol. The predicted molar refractivity (Wildman–Crippen MR) is 233 cm³/mol. The number of fused-ring (bicyclic) bond motifs is 6. The van der Waals surface area contributed by atoms with Crippen LogP contribution in [-0.2, 0) is 20.8 Å². The van der Waals surface area contributed by atoms with E-state index in [1.165, 1.54) is 0 Å². The maximum Gasteiger partial charge on any atom is 0.222 e. The molecule has 0 bridgehead atoms. The van der Waals surface area contributed by atoms with Gasteiger partial charge in [-0.15, -0.1) is 20.4 Å². The molecule has 0 saturated heterocycles. The van der Waals surface area contributed by atoms with Crippen molar-refractivity contribution in [2.75, 3.05) is 20.2 Å². The zero-order valence-electron chi connectivity index (χ0n) is 33.9. The van der Waals surface area contributed by atoms with Crippen molar-refractivity contribution in [1.82, 2.24) is 40.2 Å². The third-order valence-electron chi connectivity index (χ3n) is 10.7. The van der Waals surface area contributed by atoms with E-state index in [0.29, 0.717) is 50.5 Å². The minimum Gasteiger partial charge on any atom is -0.497 e. The van der Waals surface area contributed by atoms with Gasteiger partial charge in [-0.25, -0.2) is 0 Å². The first-order chi connectivity index (χ1) is 29.5. The maximum atomic E-state index is 13.5. The minimum absolute atomic E-state index is 0.00138. The minimum atomic E-state index is -0.705. The van der Waals surface area contributed by atoms with Gasteiger partial charge in [0, 0.05) is 45.3 Å². The smallest absolute Gasteiger partial charge is 0.222 e. The van der Waals surface area contributed by atoms with Crippen LogP contribution in [0.15, 0.2) is 94.9 Å². The van der Waals surface area contributed by atoms with Gasteiger partial charge in [-0.3, -0.25) is 33.5 Å². The topological polar surface area (TPSA) is 171 Å². The van der Waals surface area contributed by atoms with Crippen molar-refractivity contribution in [2.45, 2.75) is 58.5 Å². The highest BCUT2D eigenvalue weighted by Gasteiger charge is 2.32. The number of hydrogen-bond acceptors (Lipinski definition) is 10. The van der Waals surface area contributed by atoms with Gasteiger partial charge >= 0.3 is 0 Å². The number of aliphatic imine (C=N–C) groups is 2. The fourth-order valence-corrected chi connectivity index (χ4v) is 7.89. The van der Waals surface area contributed by atoms with Crippen LogP contribution in [0.25, 0.3) is 11.4 Å². The Hall–Kier alpha value is -6.51. The number of halogens is 2. The first-order valence-corrected chi connectivity index (χ1v) is 20.7. The zero-order chi connectivity index (χ0) is 42.8. The Morgan fingerprint density at radius 3 is 1.70 bits per heavy atom. The Bertz CT molecular complexity index is 2720. The van der Waals surface area contributed by atoms with E-state index in [0.717, 1.165) is 45.6 Å². The van der Waals surface area contributed by atoms with Crippen molar-refractivity contribution in [3.05, 3.63) is 146 Å². The molecule has 6 aromatic rings. The van der Waals surface area contributed by atoms with Crippen molar-refractivity contribution in [1.29, 1.82) is 0 Å². The Balaban J connectivity index is 0.932. The first kappa shape index (κ1) is 41.2. The van der Waals surface area contributed by atoms with Gasteiger partial charge in [-0.05, 0) is 80.4 Å². The van der Waals surface area contributed by atoms with Crippen LogP contribution in [0.4, 0.5) is 0 Å². The number of carbonyl (C=O) groups is 3. The van der Waals surface area contributed by atoms with Gasteiger partial charge in [0.1, 0.15) is 29.5 Å². The SMILES string of the molecule is CCc1ccc2c(c1)C(c1ccc(Cl)cc1)=NC(CC(=O)NCC(=O)CCNC(=O)C[C@H]1N=C(c3ccc(Cl)cc3)c3cc(OC)ccc3-n3c(C)nnc31)c1nnc(C)n1-2. The van der Waals surface area contributed by atoms with Crippen molar-refractivity contribution in [3.8, 4) is 17.1 Å². The van der Waals surface area contributed by atoms with E-state index < -0.39 is 12.1 Å². The Morgan fingerprint density at radius 1 is 0.672 bits per heavy atom. The molecule has 0 fully saturated rings. The van der Waals surface area contributed by atoms with Gasteiger partial charge in [0.15, 0.2) is 17.4 Å². The monoisotopic (exact) mass is 856 g/mol. The molecule has 4 aromatic carbocycles. The molecule has 0 aliphatic carbocycles.